The molecular formula is C26H28N4O3. The summed E-state index contributed by atoms with van der Waals surface area (Å²) in [7, 11) is 0. The summed E-state index contributed by atoms with van der Waals surface area (Å²) in [5.41, 5.74) is 4.21. The molecule has 1 N–H and O–H groups in total. The number of aromatic nitrogens is 1. The quantitative estimate of drug-likeness (QED) is 0.630. The van der Waals surface area contributed by atoms with Gasteiger partial charge >= 0.3 is 11.8 Å². The largest absolute Gasteiger partial charge is 0.346 e. The number of amides is 3. The van der Waals surface area contributed by atoms with Crippen molar-refractivity contribution in [2.75, 3.05) is 26.2 Å². The summed E-state index contributed by atoms with van der Waals surface area (Å²) in [6.45, 7) is 7.04. The van der Waals surface area contributed by atoms with Crippen molar-refractivity contribution >= 4 is 28.6 Å². The Balaban J connectivity index is 1.57. The first-order chi connectivity index (χ1) is 15.8. The average Bonchev–Trinajstić information content (AvgIpc) is 2.82. The highest BCUT2D eigenvalue weighted by Crippen LogP contribution is 2.26. The molecule has 1 aromatic heterocycles. The molecule has 3 aromatic rings. The zero-order valence-corrected chi connectivity index (χ0v) is 19.2. The summed E-state index contributed by atoms with van der Waals surface area (Å²) in [5, 5.41) is 3.43. The Hall–Kier alpha value is -3.74. The summed E-state index contributed by atoms with van der Waals surface area (Å²) < 4.78 is 0. The van der Waals surface area contributed by atoms with E-state index in [0.29, 0.717) is 31.7 Å². The summed E-state index contributed by atoms with van der Waals surface area (Å²) in [4.78, 5) is 46.0. The molecule has 170 valence electrons. The van der Waals surface area contributed by atoms with Crippen LogP contribution in [0, 0.1) is 6.92 Å². The zero-order chi connectivity index (χ0) is 23.5. The second-order valence-electron chi connectivity index (χ2n) is 8.65. The van der Waals surface area contributed by atoms with E-state index in [1.54, 1.807) is 4.90 Å². The number of piperazine rings is 1. The van der Waals surface area contributed by atoms with Gasteiger partial charge in [-0.15, -0.1) is 0 Å². The third-order valence-electron chi connectivity index (χ3n) is 5.76. The van der Waals surface area contributed by atoms with Crippen LogP contribution in [0.3, 0.4) is 0 Å². The van der Waals surface area contributed by atoms with Gasteiger partial charge in [0.2, 0.25) is 0 Å². The highest BCUT2D eigenvalue weighted by atomic mass is 16.2. The van der Waals surface area contributed by atoms with Crippen LogP contribution in [0.2, 0.25) is 0 Å². The number of pyridine rings is 1. The minimum Gasteiger partial charge on any atom is -0.346 e. The fourth-order valence-corrected chi connectivity index (χ4v) is 3.98. The molecule has 0 spiro atoms. The molecule has 7 heteroatoms. The number of benzene rings is 2. The van der Waals surface area contributed by atoms with Gasteiger partial charge in [0, 0.05) is 43.2 Å². The molecule has 2 heterocycles. The van der Waals surface area contributed by atoms with E-state index in [-0.39, 0.29) is 11.9 Å². The van der Waals surface area contributed by atoms with E-state index in [4.69, 9.17) is 4.98 Å². The molecule has 33 heavy (non-hydrogen) atoms. The van der Waals surface area contributed by atoms with Gasteiger partial charge in [0.25, 0.3) is 5.91 Å². The van der Waals surface area contributed by atoms with Crippen LogP contribution in [0.4, 0.5) is 0 Å². The van der Waals surface area contributed by atoms with Crippen molar-refractivity contribution in [3.05, 3.63) is 65.7 Å². The molecule has 1 saturated heterocycles. The van der Waals surface area contributed by atoms with E-state index < -0.39 is 11.8 Å². The Morgan fingerprint density at radius 3 is 2.21 bits per heavy atom. The van der Waals surface area contributed by atoms with Gasteiger partial charge in [-0.3, -0.25) is 14.4 Å². The Bertz CT molecular complexity index is 1200. The number of nitrogens with zero attached hydrogens (tertiary/aromatic N) is 3. The number of rotatable bonds is 3. The Morgan fingerprint density at radius 2 is 1.55 bits per heavy atom. The Kier molecular flexibility index (Phi) is 6.40. The topological polar surface area (TPSA) is 82.6 Å². The van der Waals surface area contributed by atoms with E-state index in [1.165, 1.54) is 4.90 Å². The molecule has 0 bridgehead atoms. The minimum absolute atomic E-state index is 0.0966. The molecule has 1 aliphatic rings. The SMILES string of the molecule is Cc1ccc(-c2cc(C(=O)N3CCN(C(=O)C(=O)NC(C)C)CC3)c3ccccc3n2)cc1. The third-order valence-corrected chi connectivity index (χ3v) is 5.76. The first kappa shape index (κ1) is 22.5. The standard InChI is InChI=1S/C26H28N4O3/c1-17(2)27-24(31)26(33)30-14-12-29(13-15-30)25(32)21-16-23(19-10-8-18(3)9-11-19)28-22-7-5-4-6-20(21)22/h4-11,16-17H,12-15H2,1-3H3,(H,27,31). The van der Waals surface area contributed by atoms with Crippen molar-refractivity contribution in [3.63, 3.8) is 0 Å². The molecule has 3 amide bonds. The molecule has 2 aromatic carbocycles. The maximum Gasteiger partial charge on any atom is 0.312 e. The highest BCUT2D eigenvalue weighted by Gasteiger charge is 2.29. The fourth-order valence-electron chi connectivity index (χ4n) is 3.98. The fraction of sp³-hybridized carbons (Fsp3) is 0.308. The molecule has 0 saturated carbocycles. The van der Waals surface area contributed by atoms with Gasteiger partial charge in [0.05, 0.1) is 16.8 Å². The monoisotopic (exact) mass is 444 g/mol. The molecular weight excluding hydrogens is 416 g/mol. The summed E-state index contributed by atoms with van der Waals surface area (Å²) in [6.07, 6.45) is 0. The van der Waals surface area contributed by atoms with Gasteiger partial charge in [0.15, 0.2) is 0 Å². The van der Waals surface area contributed by atoms with Crippen molar-refractivity contribution in [1.29, 1.82) is 0 Å². The van der Waals surface area contributed by atoms with Gasteiger partial charge < -0.3 is 15.1 Å². The van der Waals surface area contributed by atoms with Gasteiger partial charge in [-0.1, -0.05) is 48.0 Å². The number of para-hydroxylation sites is 1. The first-order valence-corrected chi connectivity index (χ1v) is 11.2. The lowest BCUT2D eigenvalue weighted by molar-refractivity contribution is -0.147. The van der Waals surface area contributed by atoms with Crippen molar-refractivity contribution in [1.82, 2.24) is 20.1 Å². The number of carbonyl (C=O) groups excluding carboxylic acids is 3. The lowest BCUT2D eigenvalue weighted by Crippen LogP contribution is -2.54. The Morgan fingerprint density at radius 1 is 0.909 bits per heavy atom. The van der Waals surface area contributed by atoms with E-state index in [2.05, 4.69) is 5.32 Å². The molecule has 0 unspecified atom stereocenters. The van der Waals surface area contributed by atoms with Crippen LogP contribution < -0.4 is 5.32 Å². The minimum atomic E-state index is -0.604. The van der Waals surface area contributed by atoms with Crippen molar-refractivity contribution < 1.29 is 14.4 Å². The van der Waals surface area contributed by atoms with E-state index in [0.717, 1.165) is 27.7 Å². The lowest BCUT2D eigenvalue weighted by Gasteiger charge is -2.34. The molecule has 0 aliphatic carbocycles. The summed E-state index contributed by atoms with van der Waals surface area (Å²) >= 11 is 0. The van der Waals surface area contributed by atoms with Crippen LogP contribution in [0.15, 0.2) is 54.6 Å². The van der Waals surface area contributed by atoms with Crippen LogP contribution in [-0.4, -0.2) is 64.7 Å². The van der Waals surface area contributed by atoms with Crippen LogP contribution in [0.1, 0.15) is 29.8 Å². The summed E-state index contributed by atoms with van der Waals surface area (Å²) in [5.74, 6) is -1.25. The average molecular weight is 445 g/mol. The predicted molar refractivity (Wildman–Crippen MR) is 128 cm³/mol. The third kappa shape index (κ3) is 4.87. The summed E-state index contributed by atoms with van der Waals surface area (Å²) in [6, 6.07) is 17.4. The number of carbonyl (C=O) groups is 3. The molecule has 1 fully saturated rings. The second kappa shape index (κ2) is 9.40. The van der Waals surface area contributed by atoms with Gasteiger partial charge in [-0.05, 0) is 32.9 Å². The van der Waals surface area contributed by atoms with Gasteiger partial charge in [-0.25, -0.2) is 4.98 Å². The van der Waals surface area contributed by atoms with E-state index in [1.807, 2.05) is 75.4 Å². The van der Waals surface area contributed by atoms with Crippen molar-refractivity contribution in [2.24, 2.45) is 0 Å². The normalized spacial score (nSPS) is 13.9. The first-order valence-electron chi connectivity index (χ1n) is 11.2. The molecule has 0 radical (unpaired) electrons. The Labute approximate surface area is 193 Å². The number of nitrogens with one attached hydrogen (secondary N) is 1. The van der Waals surface area contributed by atoms with E-state index >= 15 is 0 Å². The number of hydrogen-bond donors (Lipinski definition) is 1. The lowest BCUT2D eigenvalue weighted by atomic mass is 10.0. The molecule has 7 nitrogen and oxygen atoms in total. The smallest absolute Gasteiger partial charge is 0.312 e. The van der Waals surface area contributed by atoms with Crippen molar-refractivity contribution in [2.45, 2.75) is 26.8 Å². The number of hydrogen-bond acceptors (Lipinski definition) is 4. The van der Waals surface area contributed by atoms with Gasteiger partial charge in [-0.2, -0.15) is 0 Å². The zero-order valence-electron chi connectivity index (χ0n) is 19.2. The number of fused-ring (bicyclic) bond motifs is 1. The van der Waals surface area contributed by atoms with Crippen LogP contribution >= 0.6 is 0 Å². The predicted octanol–water partition coefficient (Wildman–Crippen LogP) is 3.02. The maximum atomic E-state index is 13.5. The highest BCUT2D eigenvalue weighted by molar-refractivity contribution is 6.35. The van der Waals surface area contributed by atoms with E-state index in [9.17, 15) is 14.4 Å². The molecule has 1 aliphatic heterocycles. The van der Waals surface area contributed by atoms with Crippen LogP contribution in [0.25, 0.3) is 22.2 Å². The molecule has 4 rings (SSSR count). The van der Waals surface area contributed by atoms with Gasteiger partial charge in [0.1, 0.15) is 0 Å². The maximum absolute atomic E-state index is 13.5. The second-order valence-corrected chi connectivity index (χ2v) is 8.65. The molecule has 0 atom stereocenters. The van der Waals surface area contributed by atoms with Crippen LogP contribution in [-0.2, 0) is 9.59 Å². The number of aryl methyl sites for hydroxylation is 1. The van der Waals surface area contributed by atoms with Crippen LogP contribution in [0.5, 0.6) is 0 Å². The van der Waals surface area contributed by atoms with Crippen molar-refractivity contribution in [3.8, 4) is 11.3 Å².